The van der Waals surface area contributed by atoms with E-state index < -0.39 is 11.6 Å². The first-order chi connectivity index (χ1) is 14.2. The van der Waals surface area contributed by atoms with E-state index in [-0.39, 0.29) is 0 Å². The fourth-order valence-corrected chi connectivity index (χ4v) is 3.03. The van der Waals surface area contributed by atoms with Gasteiger partial charge in [0, 0.05) is 17.5 Å². The third kappa shape index (κ3) is 6.21. The highest BCUT2D eigenvalue weighted by Crippen LogP contribution is 2.21. The Bertz CT molecular complexity index is 988. The van der Waals surface area contributed by atoms with Gasteiger partial charge in [-0.1, -0.05) is 39.0 Å². The topological polar surface area (TPSA) is 65.7 Å². The maximum Gasteiger partial charge on any atom is 0.343 e. The standard InChI is InChI=1S/C24H26O5/c1-2-3-4-5-6-7-16-27-20-12-9-19(10-13-20)24(26)28-21-14-8-18-11-15-23(25)29-22(18)17-21/h8-15,17H,2-7,16H2,1H3. The Hall–Kier alpha value is -3.08. The summed E-state index contributed by atoms with van der Waals surface area (Å²) in [4.78, 5) is 23.7. The summed E-state index contributed by atoms with van der Waals surface area (Å²) in [6.45, 7) is 2.89. The molecule has 0 unspecified atom stereocenters. The van der Waals surface area contributed by atoms with E-state index in [1.54, 1.807) is 42.5 Å². The lowest BCUT2D eigenvalue weighted by Crippen LogP contribution is -2.08. The van der Waals surface area contributed by atoms with Crippen molar-refractivity contribution < 1.29 is 18.7 Å². The molecule has 0 aliphatic carbocycles. The SMILES string of the molecule is CCCCCCCCOc1ccc(C(=O)Oc2ccc3ccc(=O)oc3c2)cc1. The molecule has 0 saturated heterocycles. The largest absolute Gasteiger partial charge is 0.494 e. The quantitative estimate of drug-likeness (QED) is 0.189. The molecule has 0 bridgehead atoms. The van der Waals surface area contributed by atoms with E-state index in [1.807, 2.05) is 0 Å². The number of hydrogen-bond donors (Lipinski definition) is 0. The van der Waals surface area contributed by atoms with Crippen LogP contribution in [-0.4, -0.2) is 12.6 Å². The van der Waals surface area contributed by atoms with Gasteiger partial charge in [0.25, 0.3) is 0 Å². The zero-order chi connectivity index (χ0) is 20.5. The lowest BCUT2D eigenvalue weighted by atomic mass is 10.1. The third-order valence-electron chi connectivity index (χ3n) is 4.66. The second kappa shape index (κ2) is 10.5. The number of benzene rings is 2. The summed E-state index contributed by atoms with van der Waals surface area (Å²) in [6.07, 6.45) is 7.30. The van der Waals surface area contributed by atoms with Gasteiger partial charge in [-0.05, 0) is 48.9 Å². The number of fused-ring (bicyclic) bond motifs is 1. The third-order valence-corrected chi connectivity index (χ3v) is 4.66. The molecule has 2 aromatic carbocycles. The predicted octanol–water partition coefficient (Wildman–Crippen LogP) is 5.75. The maximum atomic E-state index is 12.4. The van der Waals surface area contributed by atoms with Crippen LogP contribution in [0.1, 0.15) is 55.8 Å². The van der Waals surface area contributed by atoms with E-state index in [4.69, 9.17) is 13.9 Å². The molecular formula is C24H26O5. The molecule has 3 rings (SSSR count). The number of hydrogen-bond acceptors (Lipinski definition) is 5. The number of carbonyl (C=O) groups excluding carboxylic acids is 1. The van der Waals surface area contributed by atoms with E-state index in [9.17, 15) is 9.59 Å². The van der Waals surface area contributed by atoms with Crippen LogP contribution in [0.3, 0.4) is 0 Å². The Labute approximate surface area is 170 Å². The van der Waals surface area contributed by atoms with Crippen molar-refractivity contribution in [1.29, 1.82) is 0 Å². The molecule has 5 heteroatoms. The van der Waals surface area contributed by atoms with E-state index in [1.165, 1.54) is 44.2 Å². The molecule has 0 aliphatic rings. The molecule has 1 aromatic heterocycles. The Morgan fingerprint density at radius 3 is 2.34 bits per heavy atom. The summed E-state index contributed by atoms with van der Waals surface area (Å²) < 4.78 is 16.2. The van der Waals surface area contributed by atoms with Gasteiger partial charge < -0.3 is 13.9 Å². The fourth-order valence-electron chi connectivity index (χ4n) is 3.03. The summed E-state index contributed by atoms with van der Waals surface area (Å²) in [7, 11) is 0. The van der Waals surface area contributed by atoms with Gasteiger partial charge in [-0.2, -0.15) is 0 Å². The van der Waals surface area contributed by atoms with Gasteiger partial charge in [0.05, 0.1) is 12.2 Å². The van der Waals surface area contributed by atoms with Gasteiger partial charge >= 0.3 is 11.6 Å². The second-order valence-electron chi connectivity index (χ2n) is 6.98. The number of unbranched alkanes of at least 4 members (excludes halogenated alkanes) is 5. The smallest absolute Gasteiger partial charge is 0.343 e. The number of ether oxygens (including phenoxy) is 2. The Morgan fingerprint density at radius 2 is 1.55 bits per heavy atom. The van der Waals surface area contributed by atoms with Crippen molar-refractivity contribution in [1.82, 2.24) is 0 Å². The monoisotopic (exact) mass is 394 g/mol. The van der Waals surface area contributed by atoms with Crippen molar-refractivity contribution in [3.8, 4) is 11.5 Å². The van der Waals surface area contributed by atoms with Gasteiger partial charge in [-0.15, -0.1) is 0 Å². The van der Waals surface area contributed by atoms with E-state index in [0.29, 0.717) is 23.5 Å². The lowest BCUT2D eigenvalue weighted by Gasteiger charge is -2.08. The molecule has 152 valence electrons. The second-order valence-corrected chi connectivity index (χ2v) is 6.98. The maximum absolute atomic E-state index is 12.4. The van der Waals surface area contributed by atoms with Crippen LogP contribution in [-0.2, 0) is 0 Å². The molecule has 0 saturated carbocycles. The first-order valence-corrected chi connectivity index (χ1v) is 10.1. The molecule has 0 fully saturated rings. The van der Waals surface area contributed by atoms with E-state index in [0.717, 1.165) is 17.6 Å². The van der Waals surface area contributed by atoms with Crippen molar-refractivity contribution in [2.75, 3.05) is 6.61 Å². The number of carbonyl (C=O) groups is 1. The molecule has 0 spiro atoms. The number of esters is 1. The minimum absolute atomic E-state index is 0.320. The zero-order valence-corrected chi connectivity index (χ0v) is 16.7. The Kier molecular flexibility index (Phi) is 7.45. The van der Waals surface area contributed by atoms with Crippen molar-refractivity contribution in [3.05, 3.63) is 70.6 Å². The molecule has 1 heterocycles. The highest BCUT2D eigenvalue weighted by atomic mass is 16.5. The molecule has 0 atom stereocenters. The van der Waals surface area contributed by atoms with Crippen molar-refractivity contribution in [2.45, 2.75) is 45.4 Å². The van der Waals surface area contributed by atoms with Crippen LogP contribution in [0.4, 0.5) is 0 Å². The molecular weight excluding hydrogens is 368 g/mol. The van der Waals surface area contributed by atoms with Crippen LogP contribution in [0.5, 0.6) is 11.5 Å². The van der Waals surface area contributed by atoms with Gasteiger partial charge in [0.1, 0.15) is 17.1 Å². The normalized spacial score (nSPS) is 10.8. The van der Waals surface area contributed by atoms with Crippen LogP contribution in [0.2, 0.25) is 0 Å². The summed E-state index contributed by atoms with van der Waals surface area (Å²) >= 11 is 0. The molecule has 0 radical (unpaired) electrons. The van der Waals surface area contributed by atoms with Crippen LogP contribution < -0.4 is 15.1 Å². The van der Waals surface area contributed by atoms with Gasteiger partial charge in [0.2, 0.25) is 0 Å². The van der Waals surface area contributed by atoms with Crippen molar-refractivity contribution in [3.63, 3.8) is 0 Å². The first-order valence-electron chi connectivity index (χ1n) is 10.1. The van der Waals surface area contributed by atoms with Crippen LogP contribution in [0.15, 0.2) is 63.8 Å². The van der Waals surface area contributed by atoms with Crippen LogP contribution in [0, 0.1) is 0 Å². The molecule has 0 N–H and O–H groups in total. The minimum Gasteiger partial charge on any atom is -0.494 e. The van der Waals surface area contributed by atoms with Crippen molar-refractivity contribution in [2.24, 2.45) is 0 Å². The number of rotatable bonds is 10. The van der Waals surface area contributed by atoms with Crippen LogP contribution >= 0.6 is 0 Å². The van der Waals surface area contributed by atoms with E-state index in [2.05, 4.69) is 6.92 Å². The lowest BCUT2D eigenvalue weighted by molar-refractivity contribution is 0.0735. The Morgan fingerprint density at radius 1 is 0.862 bits per heavy atom. The Balaban J connectivity index is 1.50. The predicted molar refractivity (Wildman–Crippen MR) is 113 cm³/mol. The molecule has 29 heavy (non-hydrogen) atoms. The minimum atomic E-state index is -0.481. The average molecular weight is 394 g/mol. The summed E-state index contributed by atoms with van der Waals surface area (Å²) in [5.74, 6) is 0.577. The van der Waals surface area contributed by atoms with Crippen molar-refractivity contribution >= 4 is 16.9 Å². The van der Waals surface area contributed by atoms with Gasteiger partial charge in [-0.25, -0.2) is 9.59 Å². The van der Waals surface area contributed by atoms with Crippen LogP contribution in [0.25, 0.3) is 11.0 Å². The fraction of sp³-hybridized carbons (Fsp3) is 0.333. The highest BCUT2D eigenvalue weighted by molar-refractivity contribution is 5.91. The zero-order valence-electron chi connectivity index (χ0n) is 16.7. The molecule has 3 aromatic rings. The summed E-state index contributed by atoms with van der Waals surface area (Å²) in [5.41, 5.74) is 0.352. The summed E-state index contributed by atoms with van der Waals surface area (Å²) in [6, 6.07) is 14.9. The first kappa shape index (κ1) is 20.6. The molecule has 0 amide bonds. The van der Waals surface area contributed by atoms with E-state index >= 15 is 0 Å². The molecule has 5 nitrogen and oxygen atoms in total. The molecule has 0 aliphatic heterocycles. The average Bonchev–Trinajstić information content (AvgIpc) is 2.73. The van der Waals surface area contributed by atoms with Gasteiger partial charge in [-0.3, -0.25) is 0 Å². The highest BCUT2D eigenvalue weighted by Gasteiger charge is 2.10. The summed E-state index contributed by atoms with van der Waals surface area (Å²) in [5, 5.41) is 0.760. The van der Waals surface area contributed by atoms with Gasteiger partial charge in [0.15, 0.2) is 0 Å².